The third-order valence-electron chi connectivity index (χ3n) is 3.91. The number of unbranched alkanes of at least 4 members (excludes halogenated alkanes) is 11. The van der Waals surface area contributed by atoms with Gasteiger partial charge in [-0.25, -0.2) is 0 Å². The van der Waals surface area contributed by atoms with E-state index in [1.807, 2.05) is 0 Å². The number of rotatable bonds is 15. The average Bonchev–Trinajstić information content (AvgIpc) is 2.37. The Morgan fingerprint density at radius 1 is 0.762 bits per heavy atom. The predicted octanol–water partition coefficient (Wildman–Crippen LogP) is 6.59. The summed E-state index contributed by atoms with van der Waals surface area (Å²) in [5.41, 5.74) is 0. The van der Waals surface area contributed by atoms with E-state index in [-0.39, 0.29) is 0 Å². The minimum absolute atomic E-state index is 0.337. The average molecular weight is 335 g/mol. The van der Waals surface area contributed by atoms with Crippen molar-refractivity contribution in [3.05, 3.63) is 0 Å². The molecule has 0 saturated carbocycles. The third kappa shape index (κ3) is 20.0. The molecule has 0 aromatic carbocycles. The highest BCUT2D eigenvalue weighted by atomic mass is 35.6. The Balaban J connectivity index is 3.04. The van der Waals surface area contributed by atoms with Gasteiger partial charge in [0.05, 0.1) is 0 Å². The van der Waals surface area contributed by atoms with Gasteiger partial charge in [-0.15, -0.1) is 0 Å². The maximum atomic E-state index is 10.3. The molecule has 126 valence electrons. The Bertz CT molecular complexity index is 252. The van der Waals surface area contributed by atoms with E-state index in [1.165, 1.54) is 70.3 Å². The van der Waals surface area contributed by atoms with Gasteiger partial charge in [0, 0.05) is 6.42 Å². The summed E-state index contributed by atoms with van der Waals surface area (Å²) in [4.78, 5) is 10.3. The fraction of sp³-hybridized carbons (Fsp3) is 0.941. The first kappa shape index (κ1) is 21.0. The summed E-state index contributed by atoms with van der Waals surface area (Å²) >= 11 is 6.30. The summed E-state index contributed by atoms with van der Waals surface area (Å²) in [7, 11) is -1.32. The topological polar surface area (TPSA) is 37.3 Å². The molecule has 4 heteroatoms. The fourth-order valence-electron chi connectivity index (χ4n) is 2.59. The van der Waals surface area contributed by atoms with Crippen molar-refractivity contribution in [1.82, 2.24) is 0 Å². The van der Waals surface area contributed by atoms with E-state index < -0.39 is 13.4 Å². The van der Waals surface area contributed by atoms with Crippen molar-refractivity contribution >= 4 is 24.4 Å². The summed E-state index contributed by atoms with van der Waals surface area (Å²) in [6.45, 7) is 4.46. The highest BCUT2D eigenvalue weighted by Gasteiger charge is 2.15. The molecule has 0 rings (SSSR count). The van der Waals surface area contributed by atoms with Gasteiger partial charge in [-0.2, -0.15) is 11.1 Å². The Morgan fingerprint density at radius 2 is 1.10 bits per heavy atom. The monoisotopic (exact) mass is 334 g/mol. The molecule has 1 N–H and O–H groups in total. The molecule has 0 saturated heterocycles. The van der Waals surface area contributed by atoms with Crippen molar-refractivity contribution in [2.75, 3.05) is 0 Å². The lowest BCUT2D eigenvalue weighted by atomic mass is 10.0. The molecule has 0 heterocycles. The second kappa shape index (κ2) is 13.6. The van der Waals surface area contributed by atoms with Gasteiger partial charge in [-0.3, -0.25) is 4.79 Å². The van der Waals surface area contributed by atoms with Crippen LogP contribution < -0.4 is 0 Å². The van der Waals surface area contributed by atoms with Crippen molar-refractivity contribution < 1.29 is 9.90 Å². The molecular formula is C17H35ClO2Si. The van der Waals surface area contributed by atoms with Crippen LogP contribution in [0.4, 0.5) is 0 Å². The lowest BCUT2D eigenvalue weighted by Gasteiger charge is -2.11. The van der Waals surface area contributed by atoms with Gasteiger partial charge in [0.1, 0.15) is 7.38 Å². The first-order chi connectivity index (χ1) is 9.92. The largest absolute Gasteiger partial charge is 0.481 e. The summed E-state index contributed by atoms with van der Waals surface area (Å²) in [5, 5.41) is 8.53. The van der Waals surface area contributed by atoms with Crippen LogP contribution in [-0.2, 0) is 4.79 Å². The molecule has 0 atom stereocenters. The first-order valence-corrected chi connectivity index (χ1v) is 13.0. The van der Waals surface area contributed by atoms with Gasteiger partial charge in [-0.05, 0) is 12.5 Å². The molecule has 0 radical (unpaired) electrons. The zero-order chi connectivity index (χ0) is 16.0. The molecule has 0 aliphatic carbocycles. The van der Waals surface area contributed by atoms with Gasteiger partial charge in [0.25, 0.3) is 0 Å². The van der Waals surface area contributed by atoms with Crippen LogP contribution in [0.5, 0.6) is 0 Å². The van der Waals surface area contributed by atoms with Crippen LogP contribution in [0.1, 0.15) is 83.5 Å². The van der Waals surface area contributed by atoms with Gasteiger partial charge < -0.3 is 5.11 Å². The van der Waals surface area contributed by atoms with E-state index >= 15 is 0 Å². The van der Waals surface area contributed by atoms with Gasteiger partial charge in [0.15, 0.2) is 0 Å². The van der Waals surface area contributed by atoms with Crippen LogP contribution in [0.2, 0.25) is 19.1 Å². The third-order valence-corrected chi connectivity index (χ3v) is 6.02. The minimum Gasteiger partial charge on any atom is -0.481 e. The van der Waals surface area contributed by atoms with Gasteiger partial charge in [-0.1, -0.05) is 83.7 Å². The SMILES string of the molecule is C[Si](C)(Cl)CCCCCCCCCCCCCCC(=O)O. The number of carboxylic acid groups (broad SMARTS) is 1. The molecule has 0 aliphatic rings. The zero-order valence-corrected chi connectivity index (χ0v) is 15.9. The summed E-state index contributed by atoms with van der Waals surface area (Å²) < 4.78 is 0. The van der Waals surface area contributed by atoms with E-state index in [2.05, 4.69) is 13.1 Å². The second-order valence-corrected chi connectivity index (χ2v) is 13.9. The lowest BCUT2D eigenvalue weighted by molar-refractivity contribution is -0.137. The number of hydrogen-bond donors (Lipinski definition) is 1. The molecule has 2 nitrogen and oxygen atoms in total. The van der Waals surface area contributed by atoms with Crippen molar-refractivity contribution in [3.63, 3.8) is 0 Å². The Kier molecular flexibility index (Phi) is 13.6. The molecule has 0 aliphatic heterocycles. The van der Waals surface area contributed by atoms with Crippen LogP contribution in [0.3, 0.4) is 0 Å². The lowest BCUT2D eigenvalue weighted by Crippen LogP contribution is -2.14. The maximum Gasteiger partial charge on any atom is 0.303 e. The van der Waals surface area contributed by atoms with Crippen LogP contribution in [-0.4, -0.2) is 18.5 Å². The van der Waals surface area contributed by atoms with Gasteiger partial charge in [0.2, 0.25) is 0 Å². The van der Waals surface area contributed by atoms with Crippen LogP contribution in [0.25, 0.3) is 0 Å². The first-order valence-electron chi connectivity index (χ1n) is 8.82. The van der Waals surface area contributed by atoms with Crippen molar-refractivity contribution in [1.29, 1.82) is 0 Å². The number of carbonyl (C=O) groups is 1. The van der Waals surface area contributed by atoms with E-state index in [0.29, 0.717) is 6.42 Å². The molecule has 0 aromatic rings. The minimum atomic E-state index is -1.32. The van der Waals surface area contributed by atoms with Crippen LogP contribution >= 0.6 is 11.1 Å². The predicted molar refractivity (Wildman–Crippen MR) is 95.8 cm³/mol. The summed E-state index contributed by atoms with van der Waals surface area (Å²) in [6.07, 6.45) is 15.6. The molecule has 0 spiro atoms. The van der Waals surface area contributed by atoms with Gasteiger partial charge >= 0.3 is 5.97 Å². The number of carboxylic acids is 1. The number of halogens is 1. The fourth-order valence-corrected chi connectivity index (χ4v) is 4.08. The Morgan fingerprint density at radius 3 is 1.43 bits per heavy atom. The standard InChI is InChI=1S/C17H35ClO2Si/c1-21(2,18)16-14-12-10-8-6-4-3-5-7-9-11-13-15-17(19)20/h3-16H2,1-2H3,(H,19,20). The second-order valence-electron chi connectivity index (χ2n) is 6.86. The van der Waals surface area contributed by atoms with E-state index in [0.717, 1.165) is 12.8 Å². The van der Waals surface area contributed by atoms with Crippen LogP contribution in [0.15, 0.2) is 0 Å². The molecule has 0 aromatic heterocycles. The number of aliphatic carboxylic acids is 1. The Labute approximate surface area is 137 Å². The normalized spacial score (nSPS) is 11.8. The quantitative estimate of drug-likeness (QED) is 0.208. The maximum absolute atomic E-state index is 10.3. The van der Waals surface area contributed by atoms with Crippen molar-refractivity contribution in [3.8, 4) is 0 Å². The van der Waals surface area contributed by atoms with E-state index in [9.17, 15) is 4.79 Å². The highest BCUT2D eigenvalue weighted by Crippen LogP contribution is 2.19. The molecule has 0 amide bonds. The zero-order valence-electron chi connectivity index (χ0n) is 14.1. The summed E-state index contributed by atoms with van der Waals surface area (Å²) in [5.74, 6) is -0.660. The van der Waals surface area contributed by atoms with Crippen molar-refractivity contribution in [2.24, 2.45) is 0 Å². The number of hydrogen-bond acceptors (Lipinski definition) is 1. The molecule has 0 bridgehead atoms. The molecule has 0 unspecified atom stereocenters. The smallest absolute Gasteiger partial charge is 0.303 e. The van der Waals surface area contributed by atoms with Crippen molar-refractivity contribution in [2.45, 2.75) is 103 Å². The summed E-state index contributed by atoms with van der Waals surface area (Å²) in [6, 6.07) is 1.26. The van der Waals surface area contributed by atoms with E-state index in [1.54, 1.807) is 0 Å². The van der Waals surface area contributed by atoms with Crippen LogP contribution in [0, 0.1) is 0 Å². The highest BCUT2D eigenvalue weighted by molar-refractivity contribution is 7.19. The molecule has 21 heavy (non-hydrogen) atoms. The Hall–Kier alpha value is -0.0231. The molecule has 0 fully saturated rings. The van der Waals surface area contributed by atoms with E-state index in [4.69, 9.17) is 16.2 Å². The molecular weight excluding hydrogens is 300 g/mol.